The van der Waals surface area contributed by atoms with Gasteiger partial charge in [-0.25, -0.2) is 0 Å². The first-order valence-electron chi connectivity index (χ1n) is 4.85. The predicted octanol–water partition coefficient (Wildman–Crippen LogP) is 7.40. The second kappa shape index (κ2) is 4.88. The van der Waals surface area contributed by atoms with Crippen molar-refractivity contribution in [3.8, 4) is 0 Å². The fourth-order valence-corrected chi connectivity index (χ4v) is 4.78. The molecule has 18 heavy (non-hydrogen) atoms. The SMILES string of the molecule is Brc1c(Br)c(Br)c2c(oc3cccc(Br)c32)c1Br. The Hall–Kier alpha value is 0.640. The second-order valence-electron chi connectivity index (χ2n) is 3.68. The van der Waals surface area contributed by atoms with Crippen LogP contribution in [-0.2, 0) is 0 Å². The maximum atomic E-state index is 5.92. The molecule has 0 aliphatic rings. The molecule has 3 aromatic rings. The summed E-state index contributed by atoms with van der Waals surface area (Å²) < 4.78 is 10.7. The molecule has 1 nitrogen and oxygen atoms in total. The third kappa shape index (κ3) is 1.87. The Balaban J connectivity index is 2.69. The number of halogens is 5. The highest BCUT2D eigenvalue weighted by atomic mass is 79.9. The second-order valence-corrected chi connectivity index (χ2v) is 7.70. The largest absolute Gasteiger partial charge is 0.455 e. The van der Waals surface area contributed by atoms with Gasteiger partial charge in [-0.15, -0.1) is 0 Å². The average molecular weight is 563 g/mol. The fraction of sp³-hybridized carbons (Fsp3) is 0. The Labute approximate surface area is 145 Å². The minimum absolute atomic E-state index is 0.818. The summed E-state index contributed by atoms with van der Waals surface area (Å²) in [4.78, 5) is 0. The molecule has 1 aromatic heterocycles. The van der Waals surface area contributed by atoms with Crippen LogP contribution in [0, 0.1) is 0 Å². The Kier molecular flexibility index (Phi) is 3.69. The summed E-state index contributed by atoms with van der Waals surface area (Å²) in [6.45, 7) is 0. The van der Waals surface area contributed by atoms with Gasteiger partial charge in [0.25, 0.3) is 0 Å². The van der Waals surface area contributed by atoms with Gasteiger partial charge in [-0.3, -0.25) is 0 Å². The molecule has 0 aliphatic heterocycles. The first kappa shape index (κ1) is 13.6. The van der Waals surface area contributed by atoms with Crippen molar-refractivity contribution in [3.63, 3.8) is 0 Å². The predicted molar refractivity (Wildman–Crippen MR) is 92.2 cm³/mol. The number of furan rings is 1. The van der Waals surface area contributed by atoms with Crippen LogP contribution in [0.25, 0.3) is 21.9 Å². The van der Waals surface area contributed by atoms with Gasteiger partial charge >= 0.3 is 0 Å². The van der Waals surface area contributed by atoms with Crippen LogP contribution in [0.4, 0.5) is 0 Å². The Morgan fingerprint density at radius 2 is 1.39 bits per heavy atom. The maximum Gasteiger partial charge on any atom is 0.152 e. The highest BCUT2D eigenvalue weighted by Gasteiger charge is 2.20. The van der Waals surface area contributed by atoms with Crippen molar-refractivity contribution < 1.29 is 4.42 Å². The smallest absolute Gasteiger partial charge is 0.152 e. The van der Waals surface area contributed by atoms with Crippen LogP contribution in [0.3, 0.4) is 0 Å². The molecule has 0 atom stereocenters. The number of hydrogen-bond donors (Lipinski definition) is 0. The lowest BCUT2D eigenvalue weighted by Crippen LogP contribution is -1.79. The van der Waals surface area contributed by atoms with E-state index in [4.69, 9.17) is 4.42 Å². The van der Waals surface area contributed by atoms with Gasteiger partial charge in [0.05, 0.1) is 8.95 Å². The zero-order valence-electron chi connectivity index (χ0n) is 8.53. The Morgan fingerprint density at radius 3 is 2.11 bits per heavy atom. The van der Waals surface area contributed by atoms with E-state index in [2.05, 4.69) is 79.6 Å². The van der Waals surface area contributed by atoms with Crippen LogP contribution >= 0.6 is 79.6 Å². The van der Waals surface area contributed by atoms with Crippen LogP contribution in [0.1, 0.15) is 0 Å². The van der Waals surface area contributed by atoms with Gasteiger partial charge in [0.2, 0.25) is 0 Å². The van der Waals surface area contributed by atoms with Gasteiger partial charge < -0.3 is 4.42 Å². The zero-order chi connectivity index (χ0) is 13.0. The molecule has 0 amide bonds. The van der Waals surface area contributed by atoms with E-state index in [-0.39, 0.29) is 0 Å². The molecular weight excluding hydrogens is 560 g/mol. The molecule has 0 saturated carbocycles. The lowest BCUT2D eigenvalue weighted by atomic mass is 10.1. The minimum atomic E-state index is 0.818. The fourth-order valence-electron chi connectivity index (χ4n) is 1.87. The molecule has 2 aromatic carbocycles. The van der Waals surface area contributed by atoms with Gasteiger partial charge in [-0.2, -0.15) is 0 Å². The van der Waals surface area contributed by atoms with Gasteiger partial charge in [0.1, 0.15) is 5.58 Å². The van der Waals surface area contributed by atoms with E-state index in [1.54, 1.807) is 0 Å². The van der Waals surface area contributed by atoms with Gasteiger partial charge in [-0.1, -0.05) is 22.0 Å². The van der Waals surface area contributed by atoms with Crippen LogP contribution in [0.2, 0.25) is 0 Å². The molecule has 6 heteroatoms. The number of fused-ring (bicyclic) bond motifs is 3. The summed E-state index contributed by atoms with van der Waals surface area (Å²) in [7, 11) is 0. The van der Waals surface area contributed by atoms with Crippen molar-refractivity contribution in [3.05, 3.63) is 40.6 Å². The quantitative estimate of drug-likeness (QED) is 0.206. The molecule has 0 spiro atoms. The summed E-state index contributed by atoms with van der Waals surface area (Å²) in [5, 5.41) is 2.10. The monoisotopic (exact) mass is 558 g/mol. The normalized spacial score (nSPS) is 11.6. The number of rotatable bonds is 0. The summed E-state index contributed by atoms with van der Waals surface area (Å²) in [6.07, 6.45) is 0. The van der Waals surface area contributed by atoms with Crippen molar-refractivity contribution in [1.82, 2.24) is 0 Å². The first-order chi connectivity index (χ1) is 8.52. The molecule has 0 saturated heterocycles. The molecule has 0 N–H and O–H groups in total. The van der Waals surface area contributed by atoms with Crippen LogP contribution in [0.15, 0.2) is 45.0 Å². The van der Waals surface area contributed by atoms with Crippen molar-refractivity contribution >= 4 is 102 Å². The lowest BCUT2D eigenvalue weighted by Gasteiger charge is -2.04. The molecule has 1 heterocycles. The van der Waals surface area contributed by atoms with Crippen LogP contribution in [-0.4, -0.2) is 0 Å². The summed E-state index contributed by atoms with van der Waals surface area (Å²) in [6, 6.07) is 5.93. The zero-order valence-corrected chi connectivity index (χ0v) is 16.5. The van der Waals surface area contributed by atoms with Crippen LogP contribution in [0.5, 0.6) is 0 Å². The van der Waals surface area contributed by atoms with Gasteiger partial charge in [0.15, 0.2) is 5.58 Å². The van der Waals surface area contributed by atoms with Crippen LogP contribution < -0.4 is 0 Å². The molecule has 0 unspecified atom stereocenters. The van der Waals surface area contributed by atoms with E-state index in [0.717, 1.165) is 44.3 Å². The van der Waals surface area contributed by atoms with Crippen molar-refractivity contribution in [2.24, 2.45) is 0 Å². The van der Waals surface area contributed by atoms with Gasteiger partial charge in [-0.05, 0) is 75.9 Å². The summed E-state index contributed by atoms with van der Waals surface area (Å²) in [5.41, 5.74) is 1.67. The standard InChI is InChI=1S/C12H3Br5O/c13-4-2-1-3-5-6(4)7-8(14)9(15)10(16)11(17)12(7)18-5/h1-3H. The maximum absolute atomic E-state index is 5.92. The summed E-state index contributed by atoms with van der Waals surface area (Å²) >= 11 is 17.9. The molecule has 3 rings (SSSR count). The molecule has 0 aliphatic carbocycles. The molecule has 92 valence electrons. The highest BCUT2D eigenvalue weighted by molar-refractivity contribution is 9.15. The molecular formula is C12H3Br5O. The molecule has 0 fully saturated rings. The van der Waals surface area contributed by atoms with E-state index in [1.165, 1.54) is 0 Å². The van der Waals surface area contributed by atoms with Crippen molar-refractivity contribution in [2.75, 3.05) is 0 Å². The van der Waals surface area contributed by atoms with Crippen molar-refractivity contribution in [1.29, 1.82) is 0 Å². The Bertz CT molecular complexity index is 790. The lowest BCUT2D eigenvalue weighted by molar-refractivity contribution is 0.666. The highest BCUT2D eigenvalue weighted by Crippen LogP contribution is 2.48. The first-order valence-corrected chi connectivity index (χ1v) is 8.81. The summed E-state index contributed by atoms with van der Waals surface area (Å²) in [5.74, 6) is 0. The van der Waals surface area contributed by atoms with E-state index in [0.29, 0.717) is 0 Å². The van der Waals surface area contributed by atoms with E-state index < -0.39 is 0 Å². The van der Waals surface area contributed by atoms with E-state index in [1.807, 2.05) is 18.2 Å². The topological polar surface area (TPSA) is 13.1 Å². The minimum Gasteiger partial charge on any atom is -0.455 e. The molecule has 0 radical (unpaired) electrons. The third-order valence-electron chi connectivity index (χ3n) is 2.66. The van der Waals surface area contributed by atoms with Crippen molar-refractivity contribution in [2.45, 2.75) is 0 Å². The van der Waals surface area contributed by atoms with E-state index in [9.17, 15) is 0 Å². The van der Waals surface area contributed by atoms with E-state index >= 15 is 0 Å². The average Bonchev–Trinajstić information content (AvgIpc) is 2.75. The van der Waals surface area contributed by atoms with Gasteiger partial charge in [0, 0.05) is 24.2 Å². The Morgan fingerprint density at radius 1 is 0.722 bits per heavy atom. The number of hydrogen-bond acceptors (Lipinski definition) is 1. The number of benzene rings is 2. The molecule has 0 bridgehead atoms. The third-order valence-corrected chi connectivity index (χ3v) is 8.05.